The van der Waals surface area contributed by atoms with Gasteiger partial charge in [0.25, 0.3) is 0 Å². The van der Waals surface area contributed by atoms with E-state index in [1.807, 2.05) is 26.0 Å². The second-order valence-corrected chi connectivity index (χ2v) is 8.06. The minimum atomic E-state index is -1.56. The third-order valence-corrected chi connectivity index (χ3v) is 5.47. The van der Waals surface area contributed by atoms with Crippen LogP contribution in [0.2, 0.25) is 0 Å². The lowest BCUT2D eigenvalue weighted by Crippen LogP contribution is -2.59. The summed E-state index contributed by atoms with van der Waals surface area (Å²) in [6.07, 6.45) is -0.0217. The highest BCUT2D eigenvalue weighted by atomic mass is 16.7. The lowest BCUT2D eigenvalue weighted by Gasteiger charge is -2.40. The fourth-order valence-electron chi connectivity index (χ4n) is 3.43. The van der Waals surface area contributed by atoms with Gasteiger partial charge in [0, 0.05) is 18.1 Å². The summed E-state index contributed by atoms with van der Waals surface area (Å²) in [5, 5.41) is 43.4. The fourth-order valence-corrected chi connectivity index (χ4v) is 3.43. The molecule has 1 heterocycles. The predicted octanol–water partition coefficient (Wildman–Crippen LogP) is 1.82. The highest BCUT2D eigenvalue weighted by Gasteiger charge is 2.44. The van der Waals surface area contributed by atoms with Gasteiger partial charge >= 0.3 is 0 Å². The van der Waals surface area contributed by atoms with Crippen LogP contribution >= 0.6 is 0 Å². The van der Waals surface area contributed by atoms with E-state index in [2.05, 4.69) is 16.9 Å². The summed E-state index contributed by atoms with van der Waals surface area (Å²) >= 11 is 0. The van der Waals surface area contributed by atoms with E-state index >= 15 is 0 Å². The van der Waals surface area contributed by atoms with Gasteiger partial charge in [0.05, 0.1) is 31.5 Å². The molecule has 0 saturated carbocycles. The minimum absolute atomic E-state index is 0.187. The molecular weight excluding hydrogens is 434 g/mol. The maximum Gasteiger partial charge on any atom is 0.186 e. The first kappa shape index (κ1) is 29.8. The van der Waals surface area contributed by atoms with Gasteiger partial charge in [-0.2, -0.15) is 0 Å². The van der Waals surface area contributed by atoms with Gasteiger partial charge in [-0.15, -0.1) is 0 Å². The van der Waals surface area contributed by atoms with Crippen molar-refractivity contribution in [1.29, 1.82) is 0 Å². The van der Waals surface area contributed by atoms with Gasteiger partial charge < -0.3 is 39.4 Å². The molecule has 0 radical (unpaired) electrons. The second-order valence-electron chi connectivity index (χ2n) is 8.06. The van der Waals surface area contributed by atoms with Crippen LogP contribution < -0.4 is 0 Å². The Labute approximate surface area is 195 Å². The third-order valence-electron chi connectivity index (χ3n) is 5.47. The van der Waals surface area contributed by atoms with Gasteiger partial charge in [0.15, 0.2) is 6.29 Å². The number of azide groups is 1. The van der Waals surface area contributed by atoms with Gasteiger partial charge in [0.1, 0.15) is 24.4 Å². The second kappa shape index (κ2) is 17.2. The maximum absolute atomic E-state index is 10.2. The molecule has 1 saturated heterocycles. The monoisotopic (exact) mass is 475 g/mol. The summed E-state index contributed by atoms with van der Waals surface area (Å²) in [7, 11) is 0. The number of allylic oxidation sites excluding steroid dienone is 1. The standard InChI is InChI=1S/C22H41N3O8/c1-4-7-10-16(30-11-8-5-2)21(31-12-9-6-3)15(24-25-23)14-32-22-20(29)19(28)18(27)17(13-26)33-22/h4,7,15-22,26-29H,5-6,8-14H2,1-3H3/t15-,16+,17?,18-,19?,20?,21-,22-/m0/s1. The molecule has 0 aliphatic carbocycles. The Kier molecular flexibility index (Phi) is 15.5. The average molecular weight is 476 g/mol. The summed E-state index contributed by atoms with van der Waals surface area (Å²) < 4.78 is 23.2. The van der Waals surface area contributed by atoms with E-state index in [1.54, 1.807) is 0 Å². The Hall–Kier alpha value is -1.27. The molecule has 33 heavy (non-hydrogen) atoms. The largest absolute Gasteiger partial charge is 0.394 e. The molecule has 4 N–H and O–H groups in total. The number of nitrogens with zero attached hydrogens (tertiary/aromatic N) is 3. The zero-order valence-corrected chi connectivity index (χ0v) is 19.9. The normalized spacial score (nSPS) is 28.4. The summed E-state index contributed by atoms with van der Waals surface area (Å²) in [6, 6.07) is -0.809. The molecule has 11 nitrogen and oxygen atoms in total. The number of rotatable bonds is 17. The van der Waals surface area contributed by atoms with Gasteiger partial charge in [-0.05, 0) is 31.7 Å². The quantitative estimate of drug-likeness (QED) is 0.0812. The number of unbranched alkanes of at least 4 members (excludes halogenated alkanes) is 2. The topological polar surface area (TPSA) is 167 Å². The van der Waals surface area contributed by atoms with Crippen LogP contribution in [0, 0.1) is 0 Å². The van der Waals surface area contributed by atoms with Crippen molar-refractivity contribution in [2.75, 3.05) is 26.4 Å². The molecule has 11 heteroatoms. The highest BCUT2D eigenvalue weighted by molar-refractivity contribution is 4.92. The van der Waals surface area contributed by atoms with Crippen LogP contribution in [-0.4, -0.2) is 95.8 Å². The van der Waals surface area contributed by atoms with E-state index in [0.29, 0.717) is 19.6 Å². The minimum Gasteiger partial charge on any atom is -0.394 e. The summed E-state index contributed by atoms with van der Waals surface area (Å²) in [4.78, 5) is 2.94. The van der Waals surface area contributed by atoms with E-state index in [1.165, 1.54) is 0 Å². The average Bonchev–Trinajstić information content (AvgIpc) is 2.82. The number of hydrogen-bond donors (Lipinski definition) is 4. The summed E-state index contributed by atoms with van der Waals surface area (Å²) in [5.41, 5.74) is 9.18. The molecule has 192 valence electrons. The highest BCUT2D eigenvalue weighted by Crippen LogP contribution is 2.24. The van der Waals surface area contributed by atoms with Crippen LogP contribution in [0.4, 0.5) is 0 Å². The van der Waals surface area contributed by atoms with Gasteiger partial charge in [-0.25, -0.2) is 0 Å². The molecule has 3 unspecified atom stereocenters. The molecule has 0 bridgehead atoms. The van der Waals surface area contributed by atoms with Gasteiger partial charge in [-0.1, -0.05) is 44.0 Å². The van der Waals surface area contributed by atoms with Crippen LogP contribution in [0.15, 0.2) is 17.3 Å². The number of aliphatic hydroxyl groups is 4. The van der Waals surface area contributed by atoms with Crippen molar-refractivity contribution < 1.29 is 39.4 Å². The number of ether oxygens (including phenoxy) is 4. The van der Waals surface area contributed by atoms with Crippen LogP contribution in [0.3, 0.4) is 0 Å². The lowest BCUT2D eigenvalue weighted by atomic mass is 9.99. The smallest absolute Gasteiger partial charge is 0.186 e. The number of hydrogen-bond acceptors (Lipinski definition) is 9. The molecule has 1 aliphatic heterocycles. The van der Waals surface area contributed by atoms with Crippen molar-refractivity contribution in [2.45, 2.75) is 102 Å². The van der Waals surface area contributed by atoms with E-state index < -0.39 is 55.6 Å². The molecule has 1 fully saturated rings. The Morgan fingerprint density at radius 3 is 2.30 bits per heavy atom. The Morgan fingerprint density at radius 1 is 1.06 bits per heavy atom. The van der Waals surface area contributed by atoms with Gasteiger partial charge in [-0.3, -0.25) is 0 Å². The Morgan fingerprint density at radius 2 is 1.73 bits per heavy atom. The van der Waals surface area contributed by atoms with E-state index in [9.17, 15) is 26.0 Å². The first-order chi connectivity index (χ1) is 15.9. The fraction of sp³-hybridized carbons (Fsp3) is 0.909. The zero-order valence-electron chi connectivity index (χ0n) is 19.9. The van der Waals surface area contributed by atoms with Crippen molar-refractivity contribution in [3.05, 3.63) is 22.6 Å². The van der Waals surface area contributed by atoms with Crippen molar-refractivity contribution in [3.63, 3.8) is 0 Å². The SMILES string of the molecule is CC=CC[C@@H](OCCCC)[C@@H](OCCCC)[C@H](CO[C@H]1OC(CO)[C@H](O)C(O)C1O)N=[N+]=[N-]. The molecule has 0 spiro atoms. The maximum atomic E-state index is 10.2. The van der Waals surface area contributed by atoms with Crippen LogP contribution in [0.25, 0.3) is 10.4 Å². The van der Waals surface area contributed by atoms with Crippen LogP contribution in [0.1, 0.15) is 52.9 Å². The molecule has 8 atom stereocenters. The van der Waals surface area contributed by atoms with E-state index in [4.69, 9.17) is 18.9 Å². The molecule has 1 aliphatic rings. The number of aliphatic hydroxyl groups excluding tert-OH is 4. The molecule has 0 aromatic heterocycles. The van der Waals surface area contributed by atoms with Gasteiger partial charge in [0.2, 0.25) is 0 Å². The van der Waals surface area contributed by atoms with Crippen LogP contribution in [0.5, 0.6) is 0 Å². The predicted molar refractivity (Wildman–Crippen MR) is 121 cm³/mol. The first-order valence-corrected chi connectivity index (χ1v) is 11.8. The van der Waals surface area contributed by atoms with Crippen molar-refractivity contribution in [3.8, 4) is 0 Å². The molecule has 1 rings (SSSR count). The molecule has 0 aromatic carbocycles. The summed E-state index contributed by atoms with van der Waals surface area (Å²) in [6.45, 7) is 6.24. The Balaban J connectivity index is 3.01. The molecular formula is C22H41N3O8. The molecule has 0 amide bonds. The van der Waals surface area contributed by atoms with E-state index in [-0.39, 0.29) is 6.61 Å². The van der Waals surface area contributed by atoms with Crippen molar-refractivity contribution >= 4 is 0 Å². The van der Waals surface area contributed by atoms with Crippen LogP contribution in [-0.2, 0) is 18.9 Å². The summed E-state index contributed by atoms with van der Waals surface area (Å²) in [5.74, 6) is 0. The third kappa shape index (κ3) is 9.86. The zero-order chi connectivity index (χ0) is 24.6. The Bertz CT molecular complexity index is 588. The van der Waals surface area contributed by atoms with Crippen molar-refractivity contribution in [2.24, 2.45) is 5.11 Å². The first-order valence-electron chi connectivity index (χ1n) is 11.8. The lowest BCUT2D eigenvalue weighted by molar-refractivity contribution is -0.303. The van der Waals surface area contributed by atoms with E-state index in [0.717, 1.165) is 25.7 Å². The molecule has 0 aromatic rings. The van der Waals surface area contributed by atoms with Crippen molar-refractivity contribution in [1.82, 2.24) is 0 Å².